The maximum atomic E-state index is 10.2. The van der Waals surface area contributed by atoms with Crippen LogP contribution in [0.15, 0.2) is 41.8 Å². The van der Waals surface area contributed by atoms with Crippen molar-refractivity contribution in [3.05, 3.63) is 57.8 Å². The van der Waals surface area contributed by atoms with E-state index >= 15 is 0 Å². The van der Waals surface area contributed by atoms with Crippen LogP contribution in [-0.2, 0) is 0 Å². The molecule has 1 aromatic heterocycles. The lowest BCUT2D eigenvalue weighted by atomic mass is 10.1. The van der Waals surface area contributed by atoms with Crippen LogP contribution in [0.1, 0.15) is 41.5 Å². The zero-order chi connectivity index (χ0) is 13.7. The highest BCUT2D eigenvalue weighted by atomic mass is 32.1. The van der Waals surface area contributed by atoms with Crippen LogP contribution in [0.5, 0.6) is 0 Å². The number of aryl methyl sites for hydroxylation is 1. The summed E-state index contributed by atoms with van der Waals surface area (Å²) in [6.45, 7) is 4.80. The summed E-state index contributed by atoms with van der Waals surface area (Å²) in [5, 5.41) is 15.7. The molecule has 0 aliphatic heterocycles. The molecule has 3 heteroatoms. The van der Waals surface area contributed by atoms with Crippen molar-refractivity contribution in [2.45, 2.75) is 32.4 Å². The van der Waals surface area contributed by atoms with E-state index in [1.165, 1.54) is 10.4 Å². The van der Waals surface area contributed by atoms with Gasteiger partial charge >= 0.3 is 0 Å². The monoisotopic (exact) mass is 275 g/mol. The number of aliphatic hydroxyl groups is 1. The van der Waals surface area contributed by atoms with Gasteiger partial charge in [0.05, 0.1) is 6.10 Å². The fraction of sp³-hybridized carbons (Fsp3) is 0.375. The molecule has 1 aromatic carbocycles. The summed E-state index contributed by atoms with van der Waals surface area (Å²) in [5.74, 6) is 0. The molecule has 2 unspecified atom stereocenters. The van der Waals surface area contributed by atoms with Crippen LogP contribution in [0.2, 0.25) is 0 Å². The number of thiophene rings is 1. The van der Waals surface area contributed by atoms with Gasteiger partial charge in [-0.05, 0) is 30.4 Å². The Labute approximate surface area is 119 Å². The van der Waals surface area contributed by atoms with Gasteiger partial charge in [0.2, 0.25) is 0 Å². The van der Waals surface area contributed by atoms with E-state index in [1.807, 2.05) is 24.3 Å². The normalized spacial score (nSPS) is 14.3. The third-order valence-electron chi connectivity index (χ3n) is 3.31. The Bertz CT molecular complexity index is 478. The number of hydrogen-bond donors (Lipinski definition) is 2. The molecule has 102 valence electrons. The molecule has 2 atom stereocenters. The van der Waals surface area contributed by atoms with Crippen LogP contribution >= 0.6 is 11.3 Å². The Morgan fingerprint density at radius 3 is 2.53 bits per heavy atom. The maximum Gasteiger partial charge on any atom is 0.0914 e. The number of nitrogens with one attached hydrogen (secondary N) is 1. The molecule has 2 aromatic rings. The van der Waals surface area contributed by atoms with Gasteiger partial charge in [-0.2, -0.15) is 0 Å². The molecule has 2 rings (SSSR count). The van der Waals surface area contributed by atoms with E-state index in [-0.39, 0.29) is 0 Å². The molecule has 0 saturated carbocycles. The zero-order valence-electron chi connectivity index (χ0n) is 11.5. The summed E-state index contributed by atoms with van der Waals surface area (Å²) in [4.78, 5) is 1.33. The van der Waals surface area contributed by atoms with E-state index in [0.717, 1.165) is 12.0 Å². The molecule has 19 heavy (non-hydrogen) atoms. The first-order chi connectivity index (χ1) is 9.20. The van der Waals surface area contributed by atoms with Crippen LogP contribution in [-0.4, -0.2) is 11.7 Å². The second kappa shape index (κ2) is 6.85. The van der Waals surface area contributed by atoms with E-state index in [2.05, 4.69) is 36.7 Å². The summed E-state index contributed by atoms with van der Waals surface area (Å²) in [7, 11) is 0. The minimum absolute atomic E-state index is 0.333. The number of hydrogen-bond acceptors (Lipinski definition) is 3. The van der Waals surface area contributed by atoms with Crippen molar-refractivity contribution < 1.29 is 5.11 Å². The second-order valence-electron chi connectivity index (χ2n) is 4.81. The number of benzene rings is 1. The van der Waals surface area contributed by atoms with Crippen LogP contribution in [0.4, 0.5) is 0 Å². The molecule has 0 fully saturated rings. The first-order valence-electron chi connectivity index (χ1n) is 6.72. The largest absolute Gasteiger partial charge is 0.387 e. The summed E-state index contributed by atoms with van der Waals surface area (Å²) in [6.07, 6.45) is 0.579. The summed E-state index contributed by atoms with van der Waals surface area (Å²) >= 11 is 1.76. The lowest BCUT2D eigenvalue weighted by Crippen LogP contribution is -2.25. The molecule has 0 spiro atoms. The van der Waals surface area contributed by atoms with Crippen molar-refractivity contribution in [1.82, 2.24) is 5.32 Å². The SMILES string of the molecule is CCC(NCC(O)c1ccc(C)cc1)c1cccs1. The van der Waals surface area contributed by atoms with Crippen LogP contribution in [0, 0.1) is 6.92 Å². The highest BCUT2D eigenvalue weighted by molar-refractivity contribution is 7.10. The van der Waals surface area contributed by atoms with Crippen LogP contribution in [0.25, 0.3) is 0 Å². The fourth-order valence-corrected chi connectivity index (χ4v) is 2.98. The molecule has 0 aliphatic carbocycles. The van der Waals surface area contributed by atoms with Crippen molar-refractivity contribution >= 4 is 11.3 Å². The van der Waals surface area contributed by atoms with Gasteiger partial charge < -0.3 is 10.4 Å². The van der Waals surface area contributed by atoms with Crippen molar-refractivity contribution in [2.24, 2.45) is 0 Å². The minimum atomic E-state index is -0.449. The van der Waals surface area contributed by atoms with Crippen LogP contribution in [0.3, 0.4) is 0 Å². The Morgan fingerprint density at radius 2 is 1.95 bits per heavy atom. The Balaban J connectivity index is 1.92. The Kier molecular flexibility index (Phi) is 5.14. The smallest absolute Gasteiger partial charge is 0.0914 e. The molecule has 2 nitrogen and oxygen atoms in total. The van der Waals surface area contributed by atoms with Gasteiger partial charge in [0, 0.05) is 17.5 Å². The van der Waals surface area contributed by atoms with Gasteiger partial charge in [-0.1, -0.05) is 42.8 Å². The van der Waals surface area contributed by atoms with Crippen LogP contribution < -0.4 is 5.32 Å². The summed E-state index contributed by atoms with van der Waals surface area (Å²) < 4.78 is 0. The summed E-state index contributed by atoms with van der Waals surface area (Å²) in [6, 6.07) is 12.6. The molecule has 0 radical (unpaired) electrons. The van der Waals surface area contributed by atoms with E-state index in [1.54, 1.807) is 11.3 Å². The molecule has 0 bridgehead atoms. The Morgan fingerprint density at radius 1 is 1.21 bits per heavy atom. The second-order valence-corrected chi connectivity index (χ2v) is 5.79. The maximum absolute atomic E-state index is 10.2. The molecule has 0 saturated heterocycles. The predicted molar refractivity (Wildman–Crippen MR) is 81.5 cm³/mol. The third-order valence-corrected chi connectivity index (χ3v) is 4.30. The van der Waals surface area contributed by atoms with Gasteiger partial charge in [-0.25, -0.2) is 0 Å². The van der Waals surface area contributed by atoms with Gasteiger partial charge in [0.25, 0.3) is 0 Å². The first-order valence-corrected chi connectivity index (χ1v) is 7.60. The lowest BCUT2D eigenvalue weighted by Gasteiger charge is -2.18. The molecule has 0 amide bonds. The van der Waals surface area contributed by atoms with Gasteiger partial charge in [0.15, 0.2) is 0 Å². The van der Waals surface area contributed by atoms with Crippen molar-refractivity contribution in [1.29, 1.82) is 0 Å². The third kappa shape index (κ3) is 3.90. The quantitative estimate of drug-likeness (QED) is 0.839. The molecule has 1 heterocycles. The van der Waals surface area contributed by atoms with E-state index < -0.39 is 6.10 Å². The average molecular weight is 275 g/mol. The van der Waals surface area contributed by atoms with Crippen molar-refractivity contribution in [3.8, 4) is 0 Å². The van der Waals surface area contributed by atoms with Gasteiger partial charge in [-0.15, -0.1) is 11.3 Å². The number of aliphatic hydroxyl groups excluding tert-OH is 1. The molecular formula is C16H21NOS. The van der Waals surface area contributed by atoms with Gasteiger partial charge in [-0.3, -0.25) is 0 Å². The highest BCUT2D eigenvalue weighted by Gasteiger charge is 2.13. The van der Waals surface area contributed by atoms with Gasteiger partial charge in [0.1, 0.15) is 0 Å². The molecule has 2 N–H and O–H groups in total. The minimum Gasteiger partial charge on any atom is -0.387 e. The topological polar surface area (TPSA) is 32.3 Å². The number of rotatable bonds is 6. The molecular weight excluding hydrogens is 254 g/mol. The standard InChI is InChI=1S/C16H21NOS/c1-3-14(16-5-4-10-19-16)17-11-15(18)13-8-6-12(2)7-9-13/h4-10,14-15,17-18H,3,11H2,1-2H3. The van der Waals surface area contributed by atoms with E-state index in [4.69, 9.17) is 0 Å². The zero-order valence-corrected chi connectivity index (χ0v) is 12.3. The predicted octanol–water partition coefficient (Wildman–Crippen LogP) is 3.83. The summed E-state index contributed by atoms with van der Waals surface area (Å²) in [5.41, 5.74) is 2.19. The van der Waals surface area contributed by atoms with E-state index in [9.17, 15) is 5.11 Å². The van der Waals surface area contributed by atoms with Crippen molar-refractivity contribution in [2.75, 3.05) is 6.54 Å². The Hall–Kier alpha value is -1.16. The fourth-order valence-electron chi connectivity index (χ4n) is 2.10. The van der Waals surface area contributed by atoms with Crippen molar-refractivity contribution in [3.63, 3.8) is 0 Å². The first kappa shape index (κ1) is 14.3. The molecule has 0 aliphatic rings. The highest BCUT2D eigenvalue weighted by Crippen LogP contribution is 2.22. The lowest BCUT2D eigenvalue weighted by molar-refractivity contribution is 0.169. The van der Waals surface area contributed by atoms with E-state index in [0.29, 0.717) is 12.6 Å². The average Bonchev–Trinajstić information content (AvgIpc) is 2.94.